The number of nitrogens with one attached hydrogen (secondary N) is 1. The van der Waals surface area contributed by atoms with E-state index < -0.39 is 6.03 Å². The fraction of sp³-hybridized carbons (Fsp3) is 0.393. The summed E-state index contributed by atoms with van der Waals surface area (Å²) in [5, 5.41) is 5.93. The topological polar surface area (TPSA) is 105 Å². The van der Waals surface area contributed by atoms with E-state index in [0.29, 0.717) is 29.6 Å². The number of hydrogen-bond donors (Lipinski definition) is 2. The number of halogens is 2. The number of nitrogens with zero attached hydrogens (tertiary/aromatic N) is 5. The number of primary amides is 1. The second-order valence-corrected chi connectivity index (χ2v) is 11.2. The molecule has 204 valence electrons. The monoisotopic (exact) mass is 567 g/mol. The number of amides is 2. The highest BCUT2D eigenvalue weighted by Crippen LogP contribution is 2.34. The molecule has 0 spiro atoms. The minimum atomic E-state index is -0.424. The van der Waals surface area contributed by atoms with E-state index >= 15 is 0 Å². The van der Waals surface area contributed by atoms with Crippen molar-refractivity contribution < 1.29 is 4.79 Å². The second-order valence-electron chi connectivity index (χ2n) is 10.4. The molecule has 4 heterocycles. The summed E-state index contributed by atoms with van der Waals surface area (Å²) in [6.45, 7) is 4.66. The van der Waals surface area contributed by atoms with E-state index in [2.05, 4.69) is 14.6 Å². The molecule has 2 aliphatic heterocycles. The highest BCUT2D eigenvalue weighted by molar-refractivity contribution is 6.42. The number of carbonyl (C=O) groups excluding carboxylic acids is 1. The Hall–Kier alpha value is -3.27. The summed E-state index contributed by atoms with van der Waals surface area (Å²) in [5.74, 6) is 0. The van der Waals surface area contributed by atoms with Crippen molar-refractivity contribution in [2.45, 2.75) is 44.8 Å². The molecule has 1 saturated heterocycles. The van der Waals surface area contributed by atoms with Gasteiger partial charge in [-0.1, -0.05) is 41.4 Å². The Balaban J connectivity index is 1.13. The van der Waals surface area contributed by atoms with Crippen molar-refractivity contribution in [1.82, 2.24) is 29.1 Å². The van der Waals surface area contributed by atoms with Gasteiger partial charge in [0.2, 0.25) is 0 Å². The van der Waals surface area contributed by atoms with Crippen molar-refractivity contribution in [1.29, 1.82) is 0 Å². The lowest BCUT2D eigenvalue weighted by Crippen LogP contribution is -2.40. The number of para-hydroxylation sites is 2. The second kappa shape index (κ2) is 10.7. The first kappa shape index (κ1) is 26.0. The van der Waals surface area contributed by atoms with Crippen molar-refractivity contribution in [3.05, 3.63) is 74.3 Å². The molecule has 9 nitrogen and oxygen atoms in total. The predicted molar refractivity (Wildman–Crippen MR) is 153 cm³/mol. The van der Waals surface area contributed by atoms with Crippen LogP contribution in [0.2, 0.25) is 10.0 Å². The summed E-state index contributed by atoms with van der Waals surface area (Å²) in [6, 6.07) is 13.2. The minimum Gasteiger partial charge on any atom is -0.351 e. The fourth-order valence-electron chi connectivity index (χ4n) is 6.02. The normalized spacial score (nSPS) is 16.6. The maximum atomic E-state index is 12.6. The van der Waals surface area contributed by atoms with Crippen molar-refractivity contribution in [2.24, 2.45) is 5.73 Å². The number of carbonyl (C=O) groups is 1. The molecule has 0 unspecified atom stereocenters. The standard InChI is InChI=1S/C28H31Cl2N7O2/c29-21-7-6-18(16-22(21)30)26-20-17-35(27(31)38)15-10-24(20)36(33-26)12-3-11-34-13-8-19(9-14-34)37-25-5-2-1-4-23(25)32-28(37)39/h1-2,4-7,16,19H,3,8-15,17H2,(H2,31,38)(H,32,39). The molecule has 2 aromatic carbocycles. The largest absolute Gasteiger partial charge is 0.351 e. The van der Waals surface area contributed by atoms with Crippen LogP contribution in [0, 0.1) is 0 Å². The van der Waals surface area contributed by atoms with Gasteiger partial charge in [-0.25, -0.2) is 9.59 Å². The number of piperidine rings is 1. The summed E-state index contributed by atoms with van der Waals surface area (Å²) in [5.41, 5.74) is 11.3. The zero-order valence-electron chi connectivity index (χ0n) is 21.6. The number of aryl methyl sites for hydroxylation is 1. The van der Waals surface area contributed by atoms with Gasteiger partial charge in [0.15, 0.2) is 0 Å². The number of likely N-dealkylation sites (tertiary alicyclic amines) is 1. The van der Waals surface area contributed by atoms with Crippen molar-refractivity contribution in [3.8, 4) is 11.3 Å². The Morgan fingerprint density at radius 2 is 1.85 bits per heavy atom. The molecular formula is C28H31Cl2N7O2. The SMILES string of the molecule is NC(=O)N1CCc2c(c(-c3ccc(Cl)c(Cl)c3)nn2CCCN2CCC(n3c(=O)[nH]c4ccccc43)CC2)C1. The van der Waals surface area contributed by atoms with Gasteiger partial charge in [0.25, 0.3) is 0 Å². The van der Waals surface area contributed by atoms with Crippen LogP contribution in [0.25, 0.3) is 22.3 Å². The molecule has 11 heteroatoms. The average Bonchev–Trinajstić information content (AvgIpc) is 3.47. The molecule has 0 radical (unpaired) electrons. The van der Waals surface area contributed by atoms with Crippen molar-refractivity contribution in [3.63, 3.8) is 0 Å². The van der Waals surface area contributed by atoms with Gasteiger partial charge in [-0.05, 0) is 50.1 Å². The molecule has 0 aliphatic carbocycles. The number of benzene rings is 2. The van der Waals surface area contributed by atoms with Gasteiger partial charge in [0.05, 0.1) is 33.3 Å². The zero-order chi connectivity index (χ0) is 27.1. The first-order chi connectivity index (χ1) is 18.9. The van der Waals surface area contributed by atoms with E-state index in [-0.39, 0.29) is 11.7 Å². The van der Waals surface area contributed by atoms with Crippen molar-refractivity contribution in [2.75, 3.05) is 26.2 Å². The number of rotatable bonds is 6. The summed E-state index contributed by atoms with van der Waals surface area (Å²) in [6.07, 6.45) is 3.55. The first-order valence-electron chi connectivity index (χ1n) is 13.4. The quantitative estimate of drug-likeness (QED) is 0.353. The van der Waals surface area contributed by atoms with Crippen LogP contribution in [0.1, 0.15) is 36.6 Å². The third kappa shape index (κ3) is 5.06. The minimum absolute atomic E-state index is 0.0224. The molecule has 6 rings (SSSR count). The molecule has 2 aliphatic rings. The van der Waals surface area contributed by atoms with Gasteiger partial charge >= 0.3 is 11.7 Å². The summed E-state index contributed by atoms with van der Waals surface area (Å²) in [7, 11) is 0. The van der Waals surface area contributed by atoms with Gasteiger partial charge in [0, 0.05) is 55.5 Å². The van der Waals surface area contributed by atoms with Crippen LogP contribution in [0.3, 0.4) is 0 Å². The third-order valence-electron chi connectivity index (χ3n) is 8.03. The van der Waals surface area contributed by atoms with E-state index in [4.69, 9.17) is 34.0 Å². The number of fused-ring (bicyclic) bond motifs is 2. The summed E-state index contributed by atoms with van der Waals surface area (Å²) < 4.78 is 4.02. The molecule has 39 heavy (non-hydrogen) atoms. The highest BCUT2D eigenvalue weighted by atomic mass is 35.5. The Kier molecular flexibility index (Phi) is 7.14. The van der Waals surface area contributed by atoms with E-state index in [1.54, 1.807) is 11.0 Å². The molecule has 3 N–H and O–H groups in total. The zero-order valence-corrected chi connectivity index (χ0v) is 23.1. The maximum absolute atomic E-state index is 12.6. The number of aromatic amines is 1. The van der Waals surface area contributed by atoms with Crippen LogP contribution in [-0.2, 0) is 19.5 Å². The molecule has 1 fully saturated rings. The number of nitrogens with two attached hydrogens (primary N) is 1. The van der Waals surface area contributed by atoms with Crippen LogP contribution in [0.15, 0.2) is 47.3 Å². The van der Waals surface area contributed by atoms with Crippen LogP contribution in [0.5, 0.6) is 0 Å². The van der Waals surface area contributed by atoms with E-state index in [1.807, 2.05) is 41.0 Å². The van der Waals surface area contributed by atoms with Crippen LogP contribution < -0.4 is 11.4 Å². The number of hydrogen-bond acceptors (Lipinski definition) is 4. The van der Waals surface area contributed by atoms with Gasteiger partial charge in [-0.2, -0.15) is 5.10 Å². The molecule has 2 amide bonds. The third-order valence-corrected chi connectivity index (χ3v) is 8.77. The smallest absolute Gasteiger partial charge is 0.326 e. The Morgan fingerprint density at radius 3 is 2.62 bits per heavy atom. The number of aromatic nitrogens is 4. The molecule has 0 saturated carbocycles. The molecule has 4 aromatic rings. The van der Waals surface area contributed by atoms with Gasteiger partial charge in [0.1, 0.15) is 0 Å². The maximum Gasteiger partial charge on any atom is 0.326 e. The van der Waals surface area contributed by atoms with E-state index in [0.717, 1.165) is 79.0 Å². The van der Waals surface area contributed by atoms with E-state index in [9.17, 15) is 9.59 Å². The predicted octanol–water partition coefficient (Wildman–Crippen LogP) is 4.66. The lowest BCUT2D eigenvalue weighted by atomic mass is 10.0. The first-order valence-corrected chi connectivity index (χ1v) is 14.1. The van der Waals surface area contributed by atoms with Gasteiger partial charge in [-0.15, -0.1) is 0 Å². The number of imidazole rings is 1. The van der Waals surface area contributed by atoms with Gasteiger partial charge < -0.3 is 20.5 Å². The lowest BCUT2D eigenvalue weighted by Gasteiger charge is -2.32. The molecule has 0 atom stereocenters. The summed E-state index contributed by atoms with van der Waals surface area (Å²) in [4.78, 5) is 31.6. The molecular weight excluding hydrogens is 537 g/mol. The Morgan fingerprint density at radius 1 is 1.05 bits per heavy atom. The number of H-pyrrole nitrogens is 1. The number of urea groups is 1. The summed E-state index contributed by atoms with van der Waals surface area (Å²) >= 11 is 12.5. The fourth-order valence-corrected chi connectivity index (χ4v) is 6.32. The lowest BCUT2D eigenvalue weighted by molar-refractivity contribution is 0.181. The molecule has 2 aromatic heterocycles. The van der Waals surface area contributed by atoms with Gasteiger partial charge in [-0.3, -0.25) is 9.25 Å². The van der Waals surface area contributed by atoms with Crippen LogP contribution in [0.4, 0.5) is 4.79 Å². The highest BCUT2D eigenvalue weighted by Gasteiger charge is 2.28. The molecule has 0 bridgehead atoms. The van der Waals surface area contributed by atoms with Crippen molar-refractivity contribution >= 4 is 40.3 Å². The Bertz CT molecular complexity index is 1580. The Labute approximate surface area is 236 Å². The average molecular weight is 569 g/mol. The van der Waals surface area contributed by atoms with E-state index in [1.165, 1.54) is 0 Å². The van der Waals surface area contributed by atoms with Crippen LogP contribution >= 0.6 is 23.2 Å². The van der Waals surface area contributed by atoms with Crippen LogP contribution in [-0.4, -0.2) is 61.3 Å².